The van der Waals surface area contributed by atoms with Crippen molar-refractivity contribution in [1.29, 1.82) is 0 Å². The third-order valence-corrected chi connectivity index (χ3v) is 2.45. The number of anilines is 1. The maximum absolute atomic E-state index is 11.0. The van der Waals surface area contributed by atoms with Gasteiger partial charge in [-0.15, -0.1) is 0 Å². The number of carboxylic acids is 1. The van der Waals surface area contributed by atoms with Crippen molar-refractivity contribution >= 4 is 11.7 Å². The predicted octanol–water partition coefficient (Wildman–Crippen LogP) is 0.749. The molecule has 5 heteroatoms. The smallest absolute Gasteiger partial charge is 0.339 e. The molecule has 0 spiro atoms. The molecule has 1 atom stereocenters. The Morgan fingerprint density at radius 1 is 1.53 bits per heavy atom. The zero-order chi connectivity index (χ0) is 11.0. The highest BCUT2D eigenvalue weighted by Gasteiger charge is 2.24. The van der Waals surface area contributed by atoms with Crippen LogP contribution in [0.25, 0.3) is 0 Å². The molecule has 5 nitrogen and oxygen atoms in total. The average Bonchev–Trinajstić information content (AvgIpc) is 2.18. The van der Waals surface area contributed by atoms with Gasteiger partial charge in [0.1, 0.15) is 11.3 Å². The van der Waals surface area contributed by atoms with Gasteiger partial charge >= 0.3 is 5.97 Å². The fourth-order valence-corrected chi connectivity index (χ4v) is 1.71. The lowest BCUT2D eigenvalue weighted by atomic mass is 9.97. The zero-order valence-electron chi connectivity index (χ0n) is 8.06. The van der Waals surface area contributed by atoms with Crippen LogP contribution < -0.4 is 16.2 Å². The number of benzene rings is 1. The molecule has 0 saturated carbocycles. The van der Waals surface area contributed by atoms with E-state index < -0.39 is 5.97 Å². The van der Waals surface area contributed by atoms with Gasteiger partial charge in [0.15, 0.2) is 0 Å². The van der Waals surface area contributed by atoms with Gasteiger partial charge in [-0.3, -0.25) is 0 Å². The van der Waals surface area contributed by atoms with Crippen molar-refractivity contribution in [2.75, 3.05) is 12.3 Å². The van der Waals surface area contributed by atoms with Gasteiger partial charge in [0.2, 0.25) is 0 Å². The highest BCUT2D eigenvalue weighted by molar-refractivity contribution is 5.93. The molecule has 5 N–H and O–H groups in total. The van der Waals surface area contributed by atoms with Gasteiger partial charge < -0.3 is 21.3 Å². The SMILES string of the molecule is Nc1cc(C(=O)O)c2c(c1)[C@H](N)CCO2. The lowest BCUT2D eigenvalue weighted by molar-refractivity contribution is 0.0691. The Bertz CT molecular complexity index is 417. The average molecular weight is 208 g/mol. The normalized spacial score (nSPS) is 19.1. The maximum atomic E-state index is 11.0. The quantitative estimate of drug-likeness (QED) is 0.591. The number of fused-ring (bicyclic) bond motifs is 1. The van der Waals surface area contributed by atoms with E-state index in [9.17, 15) is 4.79 Å². The van der Waals surface area contributed by atoms with Gasteiger partial charge in [0.25, 0.3) is 0 Å². The molecule has 0 unspecified atom stereocenters. The summed E-state index contributed by atoms with van der Waals surface area (Å²) in [5.41, 5.74) is 12.6. The molecule has 0 fully saturated rings. The first-order chi connectivity index (χ1) is 7.09. The van der Waals surface area contributed by atoms with Crippen molar-refractivity contribution in [3.05, 3.63) is 23.3 Å². The summed E-state index contributed by atoms with van der Waals surface area (Å²) in [6.07, 6.45) is 0.676. The van der Waals surface area contributed by atoms with E-state index in [-0.39, 0.29) is 11.6 Å². The first-order valence-corrected chi connectivity index (χ1v) is 4.64. The van der Waals surface area contributed by atoms with E-state index >= 15 is 0 Å². The summed E-state index contributed by atoms with van der Waals surface area (Å²) < 4.78 is 5.32. The molecule has 2 rings (SSSR count). The van der Waals surface area contributed by atoms with Crippen LogP contribution in [0.4, 0.5) is 5.69 Å². The van der Waals surface area contributed by atoms with E-state index in [1.54, 1.807) is 6.07 Å². The molecule has 80 valence electrons. The lowest BCUT2D eigenvalue weighted by Crippen LogP contribution is -2.22. The van der Waals surface area contributed by atoms with Crippen LogP contribution in [-0.4, -0.2) is 17.7 Å². The second-order valence-corrected chi connectivity index (χ2v) is 3.54. The third kappa shape index (κ3) is 1.61. The zero-order valence-corrected chi connectivity index (χ0v) is 8.06. The molecule has 1 aromatic carbocycles. The molecular weight excluding hydrogens is 196 g/mol. The van der Waals surface area contributed by atoms with Crippen LogP contribution in [0.3, 0.4) is 0 Å². The summed E-state index contributed by atoms with van der Waals surface area (Å²) in [6.45, 7) is 0.443. The number of aromatic carboxylic acids is 1. The molecule has 15 heavy (non-hydrogen) atoms. The van der Waals surface area contributed by atoms with E-state index in [0.717, 1.165) is 0 Å². The van der Waals surface area contributed by atoms with Gasteiger partial charge in [0, 0.05) is 23.7 Å². The monoisotopic (exact) mass is 208 g/mol. The third-order valence-electron chi connectivity index (χ3n) is 2.45. The highest BCUT2D eigenvalue weighted by Crippen LogP contribution is 2.35. The molecule has 0 aliphatic carbocycles. The van der Waals surface area contributed by atoms with E-state index in [0.29, 0.717) is 30.0 Å². The highest BCUT2D eigenvalue weighted by atomic mass is 16.5. The summed E-state index contributed by atoms with van der Waals surface area (Å²) >= 11 is 0. The Balaban J connectivity index is 2.62. The Morgan fingerprint density at radius 3 is 2.93 bits per heavy atom. The molecule has 1 aromatic rings. The topological polar surface area (TPSA) is 98.6 Å². The largest absolute Gasteiger partial charge is 0.492 e. The van der Waals surface area contributed by atoms with E-state index in [2.05, 4.69) is 0 Å². The van der Waals surface area contributed by atoms with Crippen LogP contribution in [0.2, 0.25) is 0 Å². The lowest BCUT2D eigenvalue weighted by Gasteiger charge is -2.24. The number of nitrogens with two attached hydrogens (primary N) is 2. The first-order valence-electron chi connectivity index (χ1n) is 4.64. The molecule has 1 aliphatic heterocycles. The number of nitrogen functional groups attached to an aromatic ring is 1. The Kier molecular flexibility index (Phi) is 2.24. The Labute approximate surface area is 86.6 Å². The molecule has 0 saturated heterocycles. The summed E-state index contributed by atoms with van der Waals surface area (Å²) in [7, 11) is 0. The summed E-state index contributed by atoms with van der Waals surface area (Å²) in [6, 6.07) is 2.86. The molecule has 1 aliphatic rings. The molecule has 0 amide bonds. The van der Waals surface area contributed by atoms with E-state index in [1.165, 1.54) is 6.07 Å². The van der Waals surface area contributed by atoms with Crippen LogP contribution in [0.5, 0.6) is 5.75 Å². The standard InChI is InChI=1S/C10H12N2O3/c11-5-3-6-8(12)1-2-15-9(6)7(4-5)10(13)14/h3-4,8H,1-2,11-12H2,(H,13,14)/t8-/m1/s1. The molecule has 0 bridgehead atoms. The molecular formula is C10H12N2O3. The van der Waals surface area contributed by atoms with Gasteiger partial charge in [-0.2, -0.15) is 0 Å². The summed E-state index contributed by atoms with van der Waals surface area (Å²) in [4.78, 5) is 11.0. The van der Waals surface area contributed by atoms with E-state index in [4.69, 9.17) is 21.3 Å². The number of carbonyl (C=O) groups is 1. The van der Waals surface area contributed by atoms with Crippen molar-refractivity contribution in [3.8, 4) is 5.75 Å². The van der Waals surface area contributed by atoms with Crippen LogP contribution in [0, 0.1) is 0 Å². The summed E-state index contributed by atoms with van der Waals surface area (Å²) in [5.74, 6) is -0.692. The van der Waals surface area contributed by atoms with Crippen molar-refractivity contribution in [2.24, 2.45) is 5.73 Å². The summed E-state index contributed by atoms with van der Waals surface area (Å²) in [5, 5.41) is 8.98. The second kappa shape index (κ2) is 3.43. The van der Waals surface area contributed by atoms with Gasteiger partial charge in [-0.05, 0) is 12.1 Å². The van der Waals surface area contributed by atoms with E-state index in [1.807, 2.05) is 0 Å². The van der Waals surface area contributed by atoms with Crippen LogP contribution in [0.1, 0.15) is 28.4 Å². The fraction of sp³-hybridized carbons (Fsp3) is 0.300. The minimum absolute atomic E-state index is 0.0835. The van der Waals surface area contributed by atoms with Gasteiger partial charge in [0.05, 0.1) is 6.61 Å². The fourth-order valence-electron chi connectivity index (χ4n) is 1.71. The Morgan fingerprint density at radius 2 is 2.27 bits per heavy atom. The Hall–Kier alpha value is -1.75. The van der Waals surface area contributed by atoms with Crippen LogP contribution in [-0.2, 0) is 0 Å². The molecule has 0 aromatic heterocycles. The number of ether oxygens (including phenoxy) is 1. The van der Waals surface area contributed by atoms with Gasteiger partial charge in [-0.25, -0.2) is 4.79 Å². The predicted molar refractivity (Wildman–Crippen MR) is 54.9 cm³/mol. The van der Waals surface area contributed by atoms with Crippen molar-refractivity contribution < 1.29 is 14.6 Å². The van der Waals surface area contributed by atoms with Gasteiger partial charge in [-0.1, -0.05) is 0 Å². The molecule has 1 heterocycles. The number of carboxylic acid groups (broad SMARTS) is 1. The van der Waals surface area contributed by atoms with Crippen molar-refractivity contribution in [2.45, 2.75) is 12.5 Å². The first kappa shape index (κ1) is 9.79. The van der Waals surface area contributed by atoms with Crippen molar-refractivity contribution in [1.82, 2.24) is 0 Å². The second-order valence-electron chi connectivity index (χ2n) is 3.54. The van der Waals surface area contributed by atoms with Crippen molar-refractivity contribution in [3.63, 3.8) is 0 Å². The minimum atomic E-state index is -1.05. The molecule has 0 radical (unpaired) electrons. The van der Waals surface area contributed by atoms with Crippen LogP contribution >= 0.6 is 0 Å². The number of hydrogen-bond donors (Lipinski definition) is 3. The minimum Gasteiger partial charge on any atom is -0.492 e. The van der Waals surface area contributed by atoms with Crippen LogP contribution in [0.15, 0.2) is 12.1 Å². The number of hydrogen-bond acceptors (Lipinski definition) is 4. The number of rotatable bonds is 1. The maximum Gasteiger partial charge on any atom is 0.339 e.